The highest BCUT2D eigenvalue weighted by Crippen LogP contribution is 2.62. The summed E-state index contributed by atoms with van der Waals surface area (Å²) in [5, 5.41) is 7.61. The van der Waals surface area contributed by atoms with Gasteiger partial charge in [0.25, 0.3) is 0 Å². The zero-order valence-electron chi connectivity index (χ0n) is 32.7. The van der Waals surface area contributed by atoms with Crippen LogP contribution < -0.4 is 0 Å². The molecule has 4 nitrogen and oxygen atoms in total. The first-order valence-corrected chi connectivity index (χ1v) is 21.6. The van der Waals surface area contributed by atoms with Gasteiger partial charge in [-0.05, 0) is 74.5 Å². The molecule has 0 unspecified atom stereocenters. The van der Waals surface area contributed by atoms with E-state index in [0.717, 1.165) is 27.1 Å². The molecule has 0 N–H and O–H groups in total. The van der Waals surface area contributed by atoms with Crippen LogP contribution in [0.2, 0.25) is 0 Å². The van der Waals surface area contributed by atoms with Crippen LogP contribution >= 0.6 is 11.3 Å². The van der Waals surface area contributed by atoms with E-state index in [1.165, 1.54) is 81.4 Å². The Morgan fingerprint density at radius 1 is 0.393 bits per heavy atom. The largest absolute Gasteiger partial charge is 0.309 e. The number of hydrogen-bond acceptors (Lipinski definition) is 4. The fourth-order valence-corrected chi connectivity index (χ4v) is 12.0. The molecular formula is C56H32N4S. The predicted octanol–water partition coefficient (Wildman–Crippen LogP) is 14.2. The minimum Gasteiger partial charge on any atom is -0.309 e. The molecular weight excluding hydrogens is 761 g/mol. The number of thiophene rings is 1. The van der Waals surface area contributed by atoms with E-state index < -0.39 is 5.41 Å². The monoisotopic (exact) mass is 792 g/mol. The Balaban J connectivity index is 1.11. The van der Waals surface area contributed by atoms with Crippen molar-refractivity contribution < 1.29 is 0 Å². The van der Waals surface area contributed by atoms with E-state index in [1.807, 2.05) is 36.4 Å². The summed E-state index contributed by atoms with van der Waals surface area (Å²) >= 11 is 1.80. The zero-order chi connectivity index (χ0) is 39.8. The first-order chi connectivity index (χ1) is 30.3. The van der Waals surface area contributed by atoms with Crippen molar-refractivity contribution in [1.29, 1.82) is 0 Å². The summed E-state index contributed by atoms with van der Waals surface area (Å²) in [4.78, 5) is 15.7. The van der Waals surface area contributed by atoms with Crippen molar-refractivity contribution in [3.63, 3.8) is 0 Å². The average Bonchev–Trinajstić information content (AvgIpc) is 3.98. The molecule has 2 aliphatic rings. The smallest absolute Gasteiger partial charge is 0.165 e. The summed E-state index contributed by atoms with van der Waals surface area (Å²) in [6.45, 7) is 0. The zero-order valence-corrected chi connectivity index (χ0v) is 33.5. The Hall–Kier alpha value is -7.73. The molecule has 61 heavy (non-hydrogen) atoms. The lowest BCUT2D eigenvalue weighted by Crippen LogP contribution is -2.30. The van der Waals surface area contributed by atoms with E-state index >= 15 is 0 Å². The van der Waals surface area contributed by atoms with Crippen LogP contribution in [0.3, 0.4) is 0 Å². The van der Waals surface area contributed by atoms with Crippen LogP contribution in [0, 0.1) is 0 Å². The van der Waals surface area contributed by atoms with E-state index in [1.54, 1.807) is 11.3 Å². The first-order valence-electron chi connectivity index (χ1n) is 20.8. The molecule has 2 aliphatic carbocycles. The van der Waals surface area contributed by atoms with Gasteiger partial charge in [-0.15, -0.1) is 11.3 Å². The molecule has 0 amide bonds. The van der Waals surface area contributed by atoms with Gasteiger partial charge in [-0.25, -0.2) is 15.0 Å². The molecule has 3 aromatic heterocycles. The van der Waals surface area contributed by atoms with Crippen molar-refractivity contribution in [3.8, 4) is 51.0 Å². The molecule has 3 heterocycles. The van der Waals surface area contributed by atoms with Crippen LogP contribution in [-0.2, 0) is 5.41 Å². The normalized spacial score (nSPS) is 13.4. The van der Waals surface area contributed by atoms with Gasteiger partial charge < -0.3 is 4.57 Å². The van der Waals surface area contributed by atoms with E-state index in [0.29, 0.717) is 17.5 Å². The lowest BCUT2D eigenvalue weighted by Gasteiger charge is -2.37. The van der Waals surface area contributed by atoms with E-state index in [4.69, 9.17) is 15.0 Å². The van der Waals surface area contributed by atoms with Crippen molar-refractivity contribution in [2.24, 2.45) is 0 Å². The lowest BCUT2D eigenvalue weighted by atomic mass is 9.63. The van der Waals surface area contributed by atoms with Crippen molar-refractivity contribution in [2.75, 3.05) is 0 Å². The maximum absolute atomic E-state index is 5.30. The number of benzene rings is 9. The van der Waals surface area contributed by atoms with Crippen LogP contribution in [0.5, 0.6) is 0 Å². The standard InChI is InChI=1S/C56H32N4S/c1-3-15-34(16-4-1)53-57-54(35-17-5-2-6-18-35)59-55(58-53)41-32-36(31-40-39-22-9-12-28-48(39)61-52(40)41)60-46-27-14-26-45-50(46)51-47(60)30-29-33-19-13-25-44(49(33)51)56(45)42-23-10-7-20-37(42)38-21-8-11-24-43(38)56/h1-32H. The number of nitrogens with zero attached hydrogens (tertiary/aromatic N) is 4. The molecule has 0 radical (unpaired) electrons. The minimum absolute atomic E-state index is 0.467. The maximum atomic E-state index is 5.30. The van der Waals surface area contributed by atoms with Crippen LogP contribution in [0.4, 0.5) is 0 Å². The molecule has 9 aromatic carbocycles. The highest BCUT2D eigenvalue weighted by Gasteiger charge is 2.50. The van der Waals surface area contributed by atoms with E-state index in [2.05, 4.69) is 162 Å². The van der Waals surface area contributed by atoms with Crippen LogP contribution in [-0.4, -0.2) is 19.5 Å². The second-order valence-electron chi connectivity index (χ2n) is 16.2. The van der Waals surface area contributed by atoms with Gasteiger partial charge >= 0.3 is 0 Å². The van der Waals surface area contributed by atoms with Crippen molar-refractivity contribution in [3.05, 3.63) is 216 Å². The van der Waals surface area contributed by atoms with Gasteiger partial charge in [-0.2, -0.15) is 0 Å². The Morgan fingerprint density at radius 3 is 1.69 bits per heavy atom. The third-order valence-electron chi connectivity index (χ3n) is 13.2. The van der Waals surface area contributed by atoms with Gasteiger partial charge in [0.2, 0.25) is 0 Å². The molecule has 0 fully saturated rings. The Kier molecular flexibility index (Phi) is 6.61. The lowest BCUT2D eigenvalue weighted by molar-refractivity contribution is 0.783. The average molecular weight is 793 g/mol. The Labute approximate surface area is 354 Å². The van der Waals surface area contributed by atoms with E-state index in [9.17, 15) is 0 Å². The van der Waals surface area contributed by atoms with Crippen molar-refractivity contribution >= 4 is 64.1 Å². The molecule has 0 saturated carbocycles. The molecule has 1 spiro atoms. The van der Waals surface area contributed by atoms with Crippen LogP contribution in [0.15, 0.2) is 194 Å². The highest BCUT2D eigenvalue weighted by atomic mass is 32.1. The van der Waals surface area contributed by atoms with Gasteiger partial charge in [-0.3, -0.25) is 0 Å². The summed E-state index contributed by atoms with van der Waals surface area (Å²) in [7, 11) is 0. The number of rotatable bonds is 4. The summed E-state index contributed by atoms with van der Waals surface area (Å²) in [6, 6.07) is 70.6. The summed E-state index contributed by atoms with van der Waals surface area (Å²) < 4.78 is 4.89. The second kappa shape index (κ2) is 12.2. The molecule has 12 aromatic rings. The quantitative estimate of drug-likeness (QED) is 0.178. The van der Waals surface area contributed by atoms with Crippen molar-refractivity contribution in [1.82, 2.24) is 19.5 Å². The first kappa shape index (κ1) is 33.1. The van der Waals surface area contributed by atoms with Gasteiger partial charge in [0.15, 0.2) is 17.5 Å². The Bertz CT molecular complexity index is 3720. The SMILES string of the molecule is c1ccc(-c2nc(-c3ccccc3)nc(-c3cc(-n4c5cccc6c5c5c7c(cccc7ccc54)C64c5ccccc5-c5ccccc54)cc4c3sc3ccccc34)n2)cc1. The van der Waals surface area contributed by atoms with Crippen LogP contribution in [0.25, 0.3) is 104 Å². The van der Waals surface area contributed by atoms with Crippen molar-refractivity contribution in [2.45, 2.75) is 5.41 Å². The predicted molar refractivity (Wildman–Crippen MR) is 252 cm³/mol. The Morgan fingerprint density at radius 2 is 0.967 bits per heavy atom. The van der Waals surface area contributed by atoms with Gasteiger partial charge in [0.05, 0.1) is 16.4 Å². The van der Waals surface area contributed by atoms with Gasteiger partial charge in [-0.1, -0.05) is 164 Å². The number of hydrogen-bond donors (Lipinski definition) is 0. The summed E-state index contributed by atoms with van der Waals surface area (Å²) in [5.41, 5.74) is 13.9. The second-order valence-corrected chi connectivity index (χ2v) is 17.3. The highest BCUT2D eigenvalue weighted by molar-refractivity contribution is 7.26. The molecule has 0 saturated heterocycles. The summed E-state index contributed by atoms with van der Waals surface area (Å²) in [5.74, 6) is 1.96. The third kappa shape index (κ3) is 4.35. The fourth-order valence-electron chi connectivity index (χ4n) is 10.8. The van der Waals surface area contributed by atoms with Gasteiger partial charge in [0, 0.05) is 53.3 Å². The molecule has 0 aliphatic heterocycles. The maximum Gasteiger partial charge on any atom is 0.165 e. The minimum atomic E-state index is -0.467. The van der Waals surface area contributed by atoms with Crippen LogP contribution in [0.1, 0.15) is 22.3 Å². The third-order valence-corrected chi connectivity index (χ3v) is 14.4. The number of aromatic nitrogens is 4. The topological polar surface area (TPSA) is 43.6 Å². The number of fused-ring (bicyclic) bond motifs is 10. The molecule has 14 rings (SSSR count). The van der Waals surface area contributed by atoms with Gasteiger partial charge in [0.1, 0.15) is 0 Å². The summed E-state index contributed by atoms with van der Waals surface area (Å²) in [6.07, 6.45) is 0. The fraction of sp³-hybridized carbons (Fsp3) is 0.0179. The molecule has 0 atom stereocenters. The van der Waals surface area contributed by atoms with E-state index in [-0.39, 0.29) is 0 Å². The molecule has 0 bridgehead atoms. The molecule has 5 heteroatoms. The molecule has 282 valence electrons.